The highest BCUT2D eigenvalue weighted by Crippen LogP contribution is 2.21. The number of nitrogens with two attached hydrogens (primary N) is 3. The highest BCUT2D eigenvalue weighted by atomic mass is 16.2. The predicted molar refractivity (Wildman–Crippen MR) is 258 cm³/mol. The summed E-state index contributed by atoms with van der Waals surface area (Å²) in [6.07, 6.45) is 6.64. The number of nitrogens with zero attached hydrogens (tertiary/aromatic N) is 2. The number of imidazole rings is 1. The van der Waals surface area contributed by atoms with Gasteiger partial charge in [0.15, 0.2) is 5.96 Å². The van der Waals surface area contributed by atoms with Gasteiger partial charge in [0.2, 0.25) is 41.4 Å². The lowest BCUT2D eigenvalue weighted by Gasteiger charge is -2.27. The minimum atomic E-state index is -1.32. The lowest BCUT2D eigenvalue weighted by molar-refractivity contribution is -0.135. The molecule has 3 heterocycles. The number of H-pyrrole nitrogens is 3. The monoisotopic (exact) mass is 942 g/mol. The van der Waals surface area contributed by atoms with Crippen molar-refractivity contribution in [3.8, 4) is 0 Å². The van der Waals surface area contributed by atoms with Crippen LogP contribution >= 0.6 is 0 Å². The first-order valence-electron chi connectivity index (χ1n) is 22.4. The van der Waals surface area contributed by atoms with Crippen molar-refractivity contribution in [1.82, 2.24) is 51.8 Å². The van der Waals surface area contributed by atoms with Crippen LogP contribution in [0, 0.1) is 0 Å². The van der Waals surface area contributed by atoms with E-state index in [0.717, 1.165) is 32.9 Å². The fourth-order valence-electron chi connectivity index (χ4n) is 7.87. The molecule has 0 aliphatic carbocycles. The Morgan fingerprint density at radius 3 is 1.67 bits per heavy atom. The van der Waals surface area contributed by atoms with E-state index in [4.69, 9.17) is 17.2 Å². The zero-order chi connectivity index (χ0) is 49.5. The summed E-state index contributed by atoms with van der Waals surface area (Å²) in [6.45, 7) is 2.83. The molecule has 3 aromatic heterocycles. The number of aromatic amines is 3. The molecule has 0 bridgehead atoms. The van der Waals surface area contributed by atoms with Gasteiger partial charge in [-0.3, -0.25) is 38.6 Å². The second-order valence-corrected chi connectivity index (χ2v) is 16.7. The summed E-state index contributed by atoms with van der Waals surface area (Å²) in [5, 5.41) is 18.0. The largest absolute Gasteiger partial charge is 0.370 e. The van der Waals surface area contributed by atoms with Crippen molar-refractivity contribution in [3.05, 3.63) is 126 Å². The molecular weight excluding hydrogens is 885 g/mol. The Balaban J connectivity index is 1.19. The number of amides is 7. The summed E-state index contributed by atoms with van der Waals surface area (Å²) in [5.41, 5.74) is 21.2. The summed E-state index contributed by atoms with van der Waals surface area (Å²) < 4.78 is 0. The van der Waals surface area contributed by atoms with E-state index < -0.39 is 77.6 Å². The van der Waals surface area contributed by atoms with Crippen LogP contribution in [0.2, 0.25) is 0 Å². The minimum Gasteiger partial charge on any atom is -0.370 e. The summed E-state index contributed by atoms with van der Waals surface area (Å²) in [6, 6.07) is 16.5. The second-order valence-electron chi connectivity index (χ2n) is 16.7. The summed E-state index contributed by atoms with van der Waals surface area (Å²) in [5.74, 6) is -5.04. The van der Waals surface area contributed by atoms with Gasteiger partial charge in [0, 0.05) is 85.2 Å². The predicted octanol–water partition coefficient (Wildman–Crippen LogP) is 0.130. The molecule has 0 radical (unpaired) electrons. The van der Waals surface area contributed by atoms with Crippen molar-refractivity contribution in [3.63, 3.8) is 0 Å². The third-order valence-corrected chi connectivity index (χ3v) is 11.4. The van der Waals surface area contributed by atoms with Crippen LogP contribution in [0.5, 0.6) is 0 Å². The number of fused-ring (bicyclic) bond motifs is 2. The molecule has 0 aliphatic heterocycles. The van der Waals surface area contributed by atoms with Gasteiger partial charge in [-0.25, -0.2) is 4.98 Å². The van der Waals surface area contributed by atoms with Crippen LogP contribution in [0.3, 0.4) is 0 Å². The average molecular weight is 943 g/mol. The highest BCUT2D eigenvalue weighted by Gasteiger charge is 2.33. The van der Waals surface area contributed by atoms with E-state index in [1.54, 1.807) is 42.7 Å². The second kappa shape index (κ2) is 23.8. The molecule has 362 valence electrons. The number of hydrogen-bond donors (Lipinski definition) is 12. The highest BCUT2D eigenvalue weighted by molar-refractivity contribution is 5.97. The standard InChI is InChI=1S/C48H58N14O7/c1-27(57-45(67)40(58-28(2)63)21-31-24-55-36-16-9-7-14-34(31)36)43(65)61-41(22-32-25-52-26-56-32)47(69)62-39(19-29-11-4-3-5-12-29)46(68)59-37(17-10-18-53-48(50)51)44(66)60-38(42(49)64)20-30-23-54-35-15-8-6-13-33(30)35/h3-9,11-16,23-27,37-41,54-55H,10,17-22H2,1-2H3,(H2,49,64)(H,52,56)(H,57,67)(H,58,63)(H,59,68)(H,60,66)(H,61,65)(H,62,69)(H4,50,51,53)/t27-,37-,38-,39+,40+,41-/m0/s1. The maximum Gasteiger partial charge on any atom is 0.243 e. The molecule has 6 atom stereocenters. The molecule has 0 spiro atoms. The van der Waals surface area contributed by atoms with E-state index in [-0.39, 0.29) is 51.0 Å². The van der Waals surface area contributed by atoms with Gasteiger partial charge < -0.3 is 64.1 Å². The quantitative estimate of drug-likeness (QED) is 0.0221. The van der Waals surface area contributed by atoms with Gasteiger partial charge >= 0.3 is 0 Å². The number of nitrogens with one attached hydrogen (secondary N) is 9. The van der Waals surface area contributed by atoms with Crippen LogP contribution in [0.15, 0.2) is 109 Å². The SMILES string of the molecule is CC(=O)N[C@H](Cc1c[nH]c2ccccc12)C(=O)N[C@@H](C)C(=O)N[C@@H](Cc1cnc[nH]1)C(=O)N[C@H](Cc1ccccc1)C(=O)N[C@@H](CCCN=C(N)N)C(=O)N[C@@H](Cc1c[nH]c2ccccc12)C(N)=O. The zero-order valence-corrected chi connectivity index (χ0v) is 38.2. The Morgan fingerprint density at radius 2 is 1.09 bits per heavy atom. The van der Waals surface area contributed by atoms with Crippen LogP contribution in [0.1, 0.15) is 49.1 Å². The number of carbonyl (C=O) groups is 7. The van der Waals surface area contributed by atoms with Crippen LogP contribution < -0.4 is 49.1 Å². The normalized spacial score (nSPS) is 13.7. The molecule has 0 fully saturated rings. The van der Waals surface area contributed by atoms with E-state index in [0.29, 0.717) is 11.3 Å². The molecule has 15 N–H and O–H groups in total. The summed E-state index contributed by atoms with van der Waals surface area (Å²) in [7, 11) is 0. The molecule has 0 saturated carbocycles. The number of rotatable bonds is 24. The molecule has 6 aromatic rings. The summed E-state index contributed by atoms with van der Waals surface area (Å²) in [4.78, 5) is 113. The average Bonchev–Trinajstić information content (AvgIpc) is 4.10. The molecule has 0 aliphatic rings. The van der Waals surface area contributed by atoms with Crippen molar-refractivity contribution in [2.75, 3.05) is 6.54 Å². The van der Waals surface area contributed by atoms with E-state index >= 15 is 0 Å². The molecule has 3 aromatic carbocycles. The van der Waals surface area contributed by atoms with Gasteiger partial charge in [0.1, 0.15) is 36.3 Å². The Bertz CT molecular complexity index is 2770. The van der Waals surface area contributed by atoms with Gasteiger partial charge in [0.05, 0.1) is 6.33 Å². The van der Waals surface area contributed by atoms with Crippen LogP contribution in [0.25, 0.3) is 21.8 Å². The molecule has 0 saturated heterocycles. The van der Waals surface area contributed by atoms with E-state index in [1.165, 1.54) is 26.4 Å². The first-order chi connectivity index (χ1) is 33.1. The van der Waals surface area contributed by atoms with Gasteiger partial charge in [-0.15, -0.1) is 0 Å². The van der Waals surface area contributed by atoms with Gasteiger partial charge in [-0.2, -0.15) is 0 Å². The van der Waals surface area contributed by atoms with E-state index in [2.05, 4.69) is 56.8 Å². The number of aromatic nitrogens is 4. The first kappa shape index (κ1) is 49.9. The Labute approximate surface area is 397 Å². The Kier molecular flexibility index (Phi) is 17.2. The number of hydrogen-bond acceptors (Lipinski definition) is 9. The van der Waals surface area contributed by atoms with Gasteiger partial charge in [0.25, 0.3) is 0 Å². The Hall–Kier alpha value is -8.49. The third kappa shape index (κ3) is 14.3. The van der Waals surface area contributed by atoms with Crippen molar-refractivity contribution in [2.45, 2.75) is 88.6 Å². The van der Waals surface area contributed by atoms with Crippen LogP contribution in [-0.4, -0.2) is 110 Å². The molecule has 6 rings (SSSR count). The van der Waals surface area contributed by atoms with Crippen molar-refractivity contribution in [2.24, 2.45) is 22.2 Å². The number of para-hydroxylation sites is 2. The lowest BCUT2D eigenvalue weighted by Crippen LogP contribution is -2.60. The fraction of sp³-hybridized carbons (Fsp3) is 0.312. The van der Waals surface area contributed by atoms with Crippen LogP contribution in [0.4, 0.5) is 0 Å². The van der Waals surface area contributed by atoms with Crippen molar-refractivity contribution in [1.29, 1.82) is 0 Å². The molecule has 21 heteroatoms. The van der Waals surface area contributed by atoms with Crippen molar-refractivity contribution >= 4 is 69.1 Å². The third-order valence-electron chi connectivity index (χ3n) is 11.4. The topological polar surface area (TPSA) is 342 Å². The van der Waals surface area contributed by atoms with E-state index in [9.17, 15) is 33.6 Å². The van der Waals surface area contributed by atoms with Crippen LogP contribution in [-0.2, 0) is 59.2 Å². The number of aliphatic imine (C=N–C) groups is 1. The van der Waals surface area contributed by atoms with Crippen molar-refractivity contribution < 1.29 is 33.6 Å². The Morgan fingerprint density at radius 1 is 0.580 bits per heavy atom. The maximum absolute atomic E-state index is 14.4. The number of benzene rings is 3. The summed E-state index contributed by atoms with van der Waals surface area (Å²) >= 11 is 0. The maximum atomic E-state index is 14.4. The fourth-order valence-corrected chi connectivity index (χ4v) is 7.87. The number of guanidine groups is 1. The first-order valence-corrected chi connectivity index (χ1v) is 22.4. The van der Waals surface area contributed by atoms with Gasteiger partial charge in [-0.05, 0) is 48.6 Å². The zero-order valence-electron chi connectivity index (χ0n) is 38.2. The molecule has 7 amide bonds. The number of primary amides is 1. The minimum absolute atomic E-state index is 0.0195. The number of carbonyl (C=O) groups excluding carboxylic acids is 7. The molecule has 0 unspecified atom stereocenters. The molecule has 69 heavy (non-hydrogen) atoms. The van der Waals surface area contributed by atoms with Gasteiger partial charge in [-0.1, -0.05) is 66.7 Å². The van der Waals surface area contributed by atoms with E-state index in [1.807, 2.05) is 48.5 Å². The smallest absolute Gasteiger partial charge is 0.243 e. The molecule has 21 nitrogen and oxygen atoms in total. The molecular formula is C48H58N14O7. The lowest BCUT2D eigenvalue weighted by atomic mass is 10.0.